The molecule has 7 aromatic carbocycles. The van der Waals surface area contributed by atoms with E-state index < -0.39 is 0 Å². The van der Waals surface area contributed by atoms with Crippen molar-refractivity contribution in [1.29, 1.82) is 0 Å². The van der Waals surface area contributed by atoms with Gasteiger partial charge in [-0.15, -0.1) is 0 Å². The zero-order chi connectivity index (χ0) is 33.0. The van der Waals surface area contributed by atoms with Crippen LogP contribution in [-0.2, 0) is 0 Å². The number of hydrogen-bond acceptors (Lipinski definition) is 2. The maximum absolute atomic E-state index is 5.28. The summed E-state index contributed by atoms with van der Waals surface area (Å²) in [6.07, 6.45) is 0. The standard InChI is InChI=1S/C47H34N2/c1-33-25-27-34(28-26-33)40-21-11-13-23-42(40)43-24-14-12-22-41(43)35-29-31-39(32-30-35)47-48-45(37-17-7-3-8-18-37)44(36-15-5-2-6-16-36)46(49-47)38-19-9-4-10-20-38/h2-32H,1H3. The Kier molecular flexibility index (Phi) is 8.19. The van der Waals surface area contributed by atoms with Gasteiger partial charge >= 0.3 is 0 Å². The van der Waals surface area contributed by atoms with Crippen molar-refractivity contribution in [3.8, 4) is 78.4 Å². The molecule has 0 bridgehead atoms. The smallest absolute Gasteiger partial charge is 0.160 e. The van der Waals surface area contributed by atoms with Crippen LogP contribution in [-0.4, -0.2) is 9.97 Å². The third-order valence-electron chi connectivity index (χ3n) is 9.03. The summed E-state index contributed by atoms with van der Waals surface area (Å²) in [5, 5.41) is 0. The minimum Gasteiger partial charge on any atom is -0.227 e. The highest BCUT2D eigenvalue weighted by Crippen LogP contribution is 2.41. The van der Waals surface area contributed by atoms with E-state index in [0.29, 0.717) is 5.82 Å². The fraction of sp³-hybridized carbons (Fsp3) is 0.0213. The van der Waals surface area contributed by atoms with Gasteiger partial charge in [-0.3, -0.25) is 0 Å². The molecule has 49 heavy (non-hydrogen) atoms. The summed E-state index contributed by atoms with van der Waals surface area (Å²) in [6.45, 7) is 2.13. The first-order valence-electron chi connectivity index (χ1n) is 16.7. The average Bonchev–Trinajstić information content (AvgIpc) is 3.19. The van der Waals surface area contributed by atoms with Gasteiger partial charge in [0.05, 0.1) is 11.4 Å². The van der Waals surface area contributed by atoms with Crippen LogP contribution in [0.5, 0.6) is 0 Å². The fourth-order valence-corrected chi connectivity index (χ4v) is 6.55. The summed E-state index contributed by atoms with van der Waals surface area (Å²) in [4.78, 5) is 10.6. The highest BCUT2D eigenvalue weighted by atomic mass is 14.9. The fourth-order valence-electron chi connectivity index (χ4n) is 6.55. The molecule has 8 rings (SSSR count). The Morgan fingerprint density at radius 1 is 0.286 bits per heavy atom. The molecule has 0 radical (unpaired) electrons. The molecule has 2 nitrogen and oxygen atoms in total. The molecule has 8 aromatic rings. The molecule has 2 heteroatoms. The SMILES string of the molecule is Cc1ccc(-c2ccccc2-c2ccccc2-c2ccc(-c3nc(-c4ccccc4)c(-c4ccccc4)c(-c4ccccc4)n3)cc2)cc1. The molecule has 232 valence electrons. The highest BCUT2D eigenvalue weighted by Gasteiger charge is 2.20. The first-order chi connectivity index (χ1) is 24.2. The highest BCUT2D eigenvalue weighted by molar-refractivity contribution is 5.93. The molecule has 0 unspecified atom stereocenters. The van der Waals surface area contributed by atoms with Crippen molar-refractivity contribution >= 4 is 0 Å². The van der Waals surface area contributed by atoms with Crippen LogP contribution >= 0.6 is 0 Å². The van der Waals surface area contributed by atoms with Gasteiger partial charge in [0.2, 0.25) is 0 Å². The van der Waals surface area contributed by atoms with E-state index in [9.17, 15) is 0 Å². The van der Waals surface area contributed by atoms with Crippen LogP contribution in [0.4, 0.5) is 0 Å². The number of nitrogens with zero attached hydrogens (tertiary/aromatic N) is 2. The quantitative estimate of drug-likeness (QED) is 0.176. The molecule has 0 amide bonds. The second kappa shape index (κ2) is 13.4. The van der Waals surface area contributed by atoms with E-state index in [1.54, 1.807) is 0 Å². The molecule has 0 aliphatic carbocycles. The van der Waals surface area contributed by atoms with Gasteiger partial charge in [0, 0.05) is 22.3 Å². The van der Waals surface area contributed by atoms with Crippen molar-refractivity contribution in [3.63, 3.8) is 0 Å². The summed E-state index contributed by atoms with van der Waals surface area (Å²) in [7, 11) is 0. The maximum Gasteiger partial charge on any atom is 0.160 e. The summed E-state index contributed by atoms with van der Waals surface area (Å²) in [5.41, 5.74) is 15.5. The van der Waals surface area contributed by atoms with E-state index in [-0.39, 0.29) is 0 Å². The lowest BCUT2D eigenvalue weighted by Gasteiger charge is -2.17. The van der Waals surface area contributed by atoms with Crippen molar-refractivity contribution in [3.05, 3.63) is 194 Å². The molecule has 1 heterocycles. The monoisotopic (exact) mass is 626 g/mol. The first-order valence-corrected chi connectivity index (χ1v) is 16.7. The minimum atomic E-state index is 0.696. The molecule has 0 aliphatic heterocycles. The van der Waals surface area contributed by atoms with Gasteiger partial charge in [-0.2, -0.15) is 0 Å². The number of aryl methyl sites for hydroxylation is 1. The molecule has 1 aromatic heterocycles. The van der Waals surface area contributed by atoms with Crippen LogP contribution in [0, 0.1) is 6.92 Å². The van der Waals surface area contributed by atoms with E-state index >= 15 is 0 Å². The Morgan fingerprint density at radius 3 is 1.08 bits per heavy atom. The molecular formula is C47H34N2. The van der Waals surface area contributed by atoms with Crippen LogP contribution < -0.4 is 0 Å². The third kappa shape index (κ3) is 6.08. The molecule has 0 N–H and O–H groups in total. The maximum atomic E-state index is 5.28. The zero-order valence-electron chi connectivity index (χ0n) is 27.3. The summed E-state index contributed by atoms with van der Waals surface area (Å²) in [5.74, 6) is 0.696. The first kappa shape index (κ1) is 30.0. The Bertz CT molecular complexity index is 2280. The predicted octanol–water partition coefficient (Wildman–Crippen LogP) is 12.5. The van der Waals surface area contributed by atoms with E-state index in [2.05, 4.69) is 177 Å². The van der Waals surface area contributed by atoms with Crippen LogP contribution in [0.25, 0.3) is 78.4 Å². The van der Waals surface area contributed by atoms with Gasteiger partial charge in [0.25, 0.3) is 0 Å². The van der Waals surface area contributed by atoms with Crippen LogP contribution in [0.15, 0.2) is 188 Å². The summed E-state index contributed by atoms with van der Waals surface area (Å²) < 4.78 is 0. The Balaban J connectivity index is 1.25. The largest absolute Gasteiger partial charge is 0.227 e. The normalized spacial score (nSPS) is 11.0. The van der Waals surface area contributed by atoms with Crippen LogP contribution in [0.3, 0.4) is 0 Å². The van der Waals surface area contributed by atoms with Crippen molar-refractivity contribution in [2.45, 2.75) is 6.92 Å². The predicted molar refractivity (Wildman–Crippen MR) is 205 cm³/mol. The number of rotatable bonds is 7. The lowest BCUT2D eigenvalue weighted by Crippen LogP contribution is -2.00. The van der Waals surface area contributed by atoms with Crippen molar-refractivity contribution in [1.82, 2.24) is 9.97 Å². The Labute approximate surface area is 288 Å². The van der Waals surface area contributed by atoms with Crippen molar-refractivity contribution in [2.24, 2.45) is 0 Å². The molecule has 0 saturated carbocycles. The second-order valence-corrected chi connectivity index (χ2v) is 12.3. The lowest BCUT2D eigenvalue weighted by atomic mass is 9.89. The molecular weight excluding hydrogens is 593 g/mol. The van der Waals surface area contributed by atoms with Gasteiger partial charge in [-0.05, 0) is 45.9 Å². The van der Waals surface area contributed by atoms with Crippen molar-refractivity contribution in [2.75, 3.05) is 0 Å². The summed E-state index contributed by atoms with van der Waals surface area (Å²) >= 11 is 0. The molecule has 0 spiro atoms. The number of aromatic nitrogens is 2. The molecule has 0 atom stereocenters. The topological polar surface area (TPSA) is 25.8 Å². The second-order valence-electron chi connectivity index (χ2n) is 12.3. The lowest BCUT2D eigenvalue weighted by molar-refractivity contribution is 1.18. The third-order valence-corrected chi connectivity index (χ3v) is 9.03. The Hall–Kier alpha value is -6.38. The van der Waals surface area contributed by atoms with Gasteiger partial charge in [0.1, 0.15) is 0 Å². The van der Waals surface area contributed by atoms with E-state index in [0.717, 1.165) is 44.8 Å². The molecule has 0 fully saturated rings. The van der Waals surface area contributed by atoms with Crippen molar-refractivity contribution < 1.29 is 0 Å². The van der Waals surface area contributed by atoms with Gasteiger partial charge in [-0.25, -0.2) is 9.97 Å². The Morgan fingerprint density at radius 2 is 0.633 bits per heavy atom. The van der Waals surface area contributed by atoms with Crippen LogP contribution in [0.2, 0.25) is 0 Å². The minimum absolute atomic E-state index is 0.696. The number of benzene rings is 7. The van der Waals surface area contributed by atoms with E-state index in [4.69, 9.17) is 9.97 Å². The summed E-state index contributed by atoms with van der Waals surface area (Å²) in [6, 6.07) is 66.1. The average molecular weight is 627 g/mol. The van der Waals surface area contributed by atoms with E-state index in [1.807, 2.05) is 18.2 Å². The van der Waals surface area contributed by atoms with Crippen LogP contribution in [0.1, 0.15) is 5.56 Å². The van der Waals surface area contributed by atoms with Gasteiger partial charge in [0.15, 0.2) is 5.82 Å². The van der Waals surface area contributed by atoms with E-state index in [1.165, 1.54) is 33.4 Å². The van der Waals surface area contributed by atoms with Gasteiger partial charge in [-0.1, -0.05) is 194 Å². The van der Waals surface area contributed by atoms with Gasteiger partial charge < -0.3 is 0 Å². The molecule has 0 aliphatic rings. The number of hydrogen-bond donors (Lipinski definition) is 0. The zero-order valence-corrected chi connectivity index (χ0v) is 27.3. The molecule has 0 saturated heterocycles.